The van der Waals surface area contributed by atoms with Gasteiger partial charge >= 0.3 is 11.9 Å². The first-order chi connectivity index (χ1) is 9.28. The van der Waals surface area contributed by atoms with E-state index in [0.717, 1.165) is 0 Å². The predicted octanol–water partition coefficient (Wildman–Crippen LogP) is -1.07. The predicted molar refractivity (Wildman–Crippen MR) is 70.6 cm³/mol. The summed E-state index contributed by atoms with van der Waals surface area (Å²) in [7, 11) is 2.53. The van der Waals surface area contributed by atoms with Crippen molar-refractivity contribution in [2.75, 3.05) is 20.8 Å². The fraction of sp³-hybridized carbons (Fsp3) is 0.667. The van der Waals surface area contributed by atoms with Crippen LogP contribution in [0.25, 0.3) is 0 Å². The Morgan fingerprint density at radius 1 is 1.05 bits per heavy atom. The number of Topliss-reactive ketones (excluding diaryl/α,β-unsaturated/α-hetero) is 2. The van der Waals surface area contributed by atoms with Crippen molar-refractivity contribution in [2.24, 2.45) is 11.5 Å². The molecule has 1 atom stereocenters. The van der Waals surface area contributed by atoms with Gasteiger partial charge in [-0.25, -0.2) is 0 Å². The van der Waals surface area contributed by atoms with Crippen molar-refractivity contribution in [3.63, 3.8) is 0 Å². The normalized spacial score (nSPS) is 10.7. The summed E-state index contributed by atoms with van der Waals surface area (Å²) in [6, 6.07) is -0.803. The summed E-state index contributed by atoms with van der Waals surface area (Å²) in [6.45, 7) is 1.37. The third-order valence-corrected chi connectivity index (χ3v) is 2.07. The standard InChI is InChI=1S/2C6H11NO3/c1-4(8)3-5(7)6(9)10-2;1-10-6(9)3-2-5(8)4-7/h5H,3,7H2,1-2H3;2-4,7H2,1H3. The largest absolute Gasteiger partial charge is 0.469 e. The summed E-state index contributed by atoms with van der Waals surface area (Å²) in [5.41, 5.74) is 10.2. The molecule has 4 N–H and O–H groups in total. The molecule has 8 heteroatoms. The van der Waals surface area contributed by atoms with Crippen molar-refractivity contribution in [3.8, 4) is 0 Å². The second-order valence-electron chi connectivity index (χ2n) is 3.85. The topological polar surface area (TPSA) is 139 Å². The van der Waals surface area contributed by atoms with E-state index in [9.17, 15) is 19.2 Å². The fourth-order valence-corrected chi connectivity index (χ4v) is 0.990. The number of ether oxygens (including phenoxy) is 2. The summed E-state index contributed by atoms with van der Waals surface area (Å²) in [4.78, 5) is 41.9. The van der Waals surface area contributed by atoms with Crippen LogP contribution in [0.1, 0.15) is 26.2 Å². The van der Waals surface area contributed by atoms with Gasteiger partial charge < -0.3 is 20.9 Å². The molecule has 8 nitrogen and oxygen atoms in total. The maximum Gasteiger partial charge on any atom is 0.323 e. The lowest BCUT2D eigenvalue weighted by molar-refractivity contribution is -0.143. The average Bonchev–Trinajstić information content (AvgIpc) is 2.43. The van der Waals surface area contributed by atoms with Gasteiger partial charge in [-0.15, -0.1) is 0 Å². The van der Waals surface area contributed by atoms with Gasteiger partial charge in [0, 0.05) is 12.8 Å². The van der Waals surface area contributed by atoms with E-state index in [0.29, 0.717) is 0 Å². The van der Waals surface area contributed by atoms with E-state index < -0.39 is 12.0 Å². The average molecular weight is 290 g/mol. The lowest BCUT2D eigenvalue weighted by Crippen LogP contribution is -2.33. The molecule has 0 aliphatic carbocycles. The molecule has 0 saturated carbocycles. The number of hydrogen-bond acceptors (Lipinski definition) is 8. The Kier molecular flexibility index (Phi) is 12.6. The zero-order valence-electron chi connectivity index (χ0n) is 12.0. The summed E-state index contributed by atoms with van der Waals surface area (Å²) in [5, 5.41) is 0. The molecule has 0 spiro atoms. The maximum atomic E-state index is 10.5. The molecule has 1 unspecified atom stereocenters. The molecule has 0 aliphatic heterocycles. The molecule has 0 rings (SSSR count). The Morgan fingerprint density at radius 2 is 1.60 bits per heavy atom. The minimum Gasteiger partial charge on any atom is -0.469 e. The van der Waals surface area contributed by atoms with E-state index in [4.69, 9.17) is 11.5 Å². The minimum atomic E-state index is -0.803. The van der Waals surface area contributed by atoms with E-state index in [1.165, 1.54) is 21.1 Å². The van der Waals surface area contributed by atoms with Gasteiger partial charge in [-0.3, -0.25) is 19.2 Å². The molecule has 0 aromatic rings. The lowest BCUT2D eigenvalue weighted by Gasteiger charge is -2.04. The number of methoxy groups -OCH3 is 2. The Morgan fingerprint density at radius 3 is 1.95 bits per heavy atom. The lowest BCUT2D eigenvalue weighted by atomic mass is 10.2. The molecule has 0 aliphatic rings. The highest BCUT2D eigenvalue weighted by Crippen LogP contribution is 1.91. The molecule has 116 valence electrons. The van der Waals surface area contributed by atoms with Gasteiger partial charge in [0.2, 0.25) is 0 Å². The molecule has 0 radical (unpaired) electrons. The molecular weight excluding hydrogens is 268 g/mol. The van der Waals surface area contributed by atoms with E-state index in [-0.39, 0.29) is 43.3 Å². The van der Waals surface area contributed by atoms with Gasteiger partial charge in [0.05, 0.1) is 27.2 Å². The number of nitrogens with two attached hydrogens (primary N) is 2. The number of carbonyl (C=O) groups excluding carboxylic acids is 4. The molecule has 0 saturated heterocycles. The first-order valence-electron chi connectivity index (χ1n) is 5.89. The summed E-state index contributed by atoms with van der Waals surface area (Å²) in [5.74, 6) is -1.15. The Labute approximate surface area is 117 Å². The molecule has 0 aromatic heterocycles. The van der Waals surface area contributed by atoms with Crippen LogP contribution in [0.15, 0.2) is 0 Å². The minimum absolute atomic E-state index is 0.00298. The molecule has 0 bridgehead atoms. The van der Waals surface area contributed by atoms with Gasteiger partial charge in [-0.05, 0) is 6.92 Å². The van der Waals surface area contributed by atoms with Gasteiger partial charge in [-0.1, -0.05) is 0 Å². The monoisotopic (exact) mass is 290 g/mol. The van der Waals surface area contributed by atoms with Crippen LogP contribution in [0.3, 0.4) is 0 Å². The first-order valence-corrected chi connectivity index (χ1v) is 5.89. The highest BCUT2D eigenvalue weighted by Gasteiger charge is 2.14. The van der Waals surface area contributed by atoms with Crippen LogP contribution >= 0.6 is 0 Å². The molecule has 0 amide bonds. The van der Waals surface area contributed by atoms with Crippen LogP contribution in [0.4, 0.5) is 0 Å². The Hall–Kier alpha value is -1.80. The van der Waals surface area contributed by atoms with Crippen LogP contribution in [0.5, 0.6) is 0 Å². The second-order valence-corrected chi connectivity index (χ2v) is 3.85. The molecule has 20 heavy (non-hydrogen) atoms. The van der Waals surface area contributed by atoms with Crippen molar-refractivity contribution in [1.82, 2.24) is 0 Å². The Bertz CT molecular complexity index is 327. The van der Waals surface area contributed by atoms with Gasteiger partial charge in [0.15, 0.2) is 0 Å². The smallest absolute Gasteiger partial charge is 0.323 e. The van der Waals surface area contributed by atoms with Crippen molar-refractivity contribution < 1.29 is 28.7 Å². The highest BCUT2D eigenvalue weighted by atomic mass is 16.5. The van der Waals surface area contributed by atoms with Crippen LogP contribution in [-0.2, 0) is 28.7 Å². The Balaban J connectivity index is 0. The van der Waals surface area contributed by atoms with Crippen molar-refractivity contribution in [3.05, 3.63) is 0 Å². The quantitative estimate of drug-likeness (QED) is 0.565. The number of rotatable bonds is 7. The fourth-order valence-electron chi connectivity index (χ4n) is 0.990. The van der Waals surface area contributed by atoms with E-state index >= 15 is 0 Å². The zero-order valence-corrected chi connectivity index (χ0v) is 12.0. The van der Waals surface area contributed by atoms with Crippen LogP contribution in [-0.4, -0.2) is 50.3 Å². The molecule has 0 heterocycles. The van der Waals surface area contributed by atoms with E-state index in [2.05, 4.69) is 9.47 Å². The van der Waals surface area contributed by atoms with Crippen LogP contribution < -0.4 is 11.5 Å². The van der Waals surface area contributed by atoms with Crippen molar-refractivity contribution in [1.29, 1.82) is 0 Å². The maximum absolute atomic E-state index is 10.5. The van der Waals surface area contributed by atoms with Gasteiger partial charge in [0.25, 0.3) is 0 Å². The van der Waals surface area contributed by atoms with Crippen LogP contribution in [0, 0.1) is 0 Å². The third-order valence-electron chi connectivity index (χ3n) is 2.07. The SMILES string of the molecule is COC(=O)C(N)CC(C)=O.COC(=O)CCC(=O)CN. The number of esters is 2. The summed E-state index contributed by atoms with van der Waals surface area (Å²) >= 11 is 0. The van der Waals surface area contributed by atoms with Crippen molar-refractivity contribution in [2.45, 2.75) is 32.2 Å². The first kappa shape index (κ1) is 20.5. The second kappa shape index (κ2) is 12.2. The van der Waals surface area contributed by atoms with Gasteiger partial charge in [0.1, 0.15) is 17.6 Å². The summed E-state index contributed by atoms with van der Waals surface area (Å²) < 4.78 is 8.61. The number of carbonyl (C=O) groups is 4. The van der Waals surface area contributed by atoms with E-state index in [1.54, 1.807) is 0 Å². The molecule has 0 fully saturated rings. The summed E-state index contributed by atoms with van der Waals surface area (Å²) in [6.07, 6.45) is 0.363. The third kappa shape index (κ3) is 12.7. The molecular formula is C12H22N2O6. The van der Waals surface area contributed by atoms with Crippen molar-refractivity contribution >= 4 is 23.5 Å². The number of hydrogen-bond donors (Lipinski definition) is 2. The van der Waals surface area contributed by atoms with Crippen LogP contribution in [0.2, 0.25) is 0 Å². The highest BCUT2D eigenvalue weighted by molar-refractivity contribution is 5.85. The zero-order chi connectivity index (χ0) is 16.1. The molecule has 0 aromatic carbocycles. The number of ketones is 2. The van der Waals surface area contributed by atoms with Gasteiger partial charge in [-0.2, -0.15) is 0 Å². The van der Waals surface area contributed by atoms with E-state index in [1.807, 2.05) is 0 Å².